The minimum Gasteiger partial charge on any atom is -0.484 e. The van der Waals surface area contributed by atoms with Crippen molar-refractivity contribution in [3.05, 3.63) is 64.7 Å². The summed E-state index contributed by atoms with van der Waals surface area (Å²) in [4.78, 5) is 24.3. The van der Waals surface area contributed by atoms with E-state index in [0.29, 0.717) is 16.3 Å². The molecule has 1 atom stereocenters. The Balaban J connectivity index is 2.01. The molecule has 0 aromatic heterocycles. The molecule has 2 aromatic carbocycles. The Morgan fingerprint density at radius 2 is 1.78 bits per heavy atom. The summed E-state index contributed by atoms with van der Waals surface area (Å²) in [6, 6.07) is 14.1. The fourth-order valence-electron chi connectivity index (χ4n) is 2.59. The lowest BCUT2D eigenvalue weighted by atomic mass is 10.0. The van der Waals surface area contributed by atoms with Gasteiger partial charge < -0.3 is 14.8 Å². The van der Waals surface area contributed by atoms with Crippen molar-refractivity contribution in [2.24, 2.45) is 0 Å². The Hall–Kier alpha value is -2.53. The van der Waals surface area contributed by atoms with Crippen molar-refractivity contribution in [2.45, 2.75) is 32.7 Å². The third-order valence-electron chi connectivity index (χ3n) is 3.99. The molecule has 6 heteroatoms. The Kier molecular flexibility index (Phi) is 8.14. The lowest BCUT2D eigenvalue weighted by Crippen LogP contribution is -2.34. The third-order valence-corrected chi connectivity index (χ3v) is 4.34. The number of carbonyl (C=O) groups excluding carboxylic acids is 2. The highest BCUT2D eigenvalue weighted by molar-refractivity contribution is 6.31. The highest BCUT2D eigenvalue weighted by Gasteiger charge is 2.21. The zero-order valence-electron chi connectivity index (χ0n) is 15.5. The predicted octanol–water partition coefficient (Wildman–Crippen LogP) is 4.09. The fourth-order valence-corrected chi connectivity index (χ4v) is 2.86. The van der Waals surface area contributed by atoms with Crippen LogP contribution < -0.4 is 10.1 Å². The topological polar surface area (TPSA) is 64.6 Å². The molecule has 5 nitrogen and oxygen atoms in total. The largest absolute Gasteiger partial charge is 0.484 e. The van der Waals surface area contributed by atoms with Crippen LogP contribution in [0.5, 0.6) is 5.75 Å². The number of rotatable bonds is 9. The number of aryl methyl sites for hydroxylation is 1. The van der Waals surface area contributed by atoms with Gasteiger partial charge in [0.15, 0.2) is 6.61 Å². The first-order valence-electron chi connectivity index (χ1n) is 8.94. The normalized spacial score (nSPS) is 11.5. The minimum atomic E-state index is -0.587. The summed E-state index contributed by atoms with van der Waals surface area (Å²) in [6.07, 6.45) is 0.933. The molecule has 0 fully saturated rings. The number of esters is 1. The molecule has 0 radical (unpaired) electrons. The van der Waals surface area contributed by atoms with E-state index < -0.39 is 12.0 Å². The van der Waals surface area contributed by atoms with Crippen LogP contribution in [0.2, 0.25) is 5.02 Å². The monoisotopic (exact) mass is 389 g/mol. The molecule has 144 valence electrons. The van der Waals surface area contributed by atoms with Crippen molar-refractivity contribution >= 4 is 23.5 Å². The van der Waals surface area contributed by atoms with Crippen LogP contribution in [-0.4, -0.2) is 25.1 Å². The lowest BCUT2D eigenvalue weighted by molar-refractivity contribution is -0.143. The van der Waals surface area contributed by atoms with E-state index in [-0.39, 0.29) is 25.5 Å². The van der Waals surface area contributed by atoms with Gasteiger partial charge in [-0.3, -0.25) is 9.59 Å². The van der Waals surface area contributed by atoms with Crippen LogP contribution in [0.4, 0.5) is 0 Å². The van der Waals surface area contributed by atoms with Gasteiger partial charge in [-0.15, -0.1) is 0 Å². The maximum atomic E-state index is 12.3. The molecule has 0 heterocycles. The molecular formula is C21H24ClNO4. The van der Waals surface area contributed by atoms with Crippen molar-refractivity contribution in [2.75, 3.05) is 13.2 Å². The van der Waals surface area contributed by atoms with Crippen LogP contribution in [0.15, 0.2) is 48.5 Å². The van der Waals surface area contributed by atoms with E-state index >= 15 is 0 Å². The third kappa shape index (κ3) is 6.61. The number of hydrogen-bond acceptors (Lipinski definition) is 4. The Labute approximate surface area is 164 Å². The maximum absolute atomic E-state index is 12.3. The van der Waals surface area contributed by atoms with Crippen molar-refractivity contribution in [3.63, 3.8) is 0 Å². The van der Waals surface area contributed by atoms with Gasteiger partial charge in [-0.1, -0.05) is 48.9 Å². The summed E-state index contributed by atoms with van der Waals surface area (Å²) in [5.41, 5.74) is 1.85. The van der Waals surface area contributed by atoms with Crippen molar-refractivity contribution in [3.8, 4) is 5.75 Å². The predicted molar refractivity (Wildman–Crippen MR) is 105 cm³/mol. The summed E-state index contributed by atoms with van der Waals surface area (Å²) in [5, 5.41) is 3.28. The molecule has 2 rings (SSSR count). The molecule has 0 aliphatic carbocycles. The Bertz CT molecular complexity index is 761. The number of halogens is 1. The molecule has 0 unspecified atom stereocenters. The second-order valence-corrected chi connectivity index (χ2v) is 6.34. The zero-order valence-corrected chi connectivity index (χ0v) is 16.3. The molecule has 0 aliphatic heterocycles. The van der Waals surface area contributed by atoms with E-state index in [2.05, 4.69) is 12.2 Å². The number of nitrogens with one attached hydrogen (secondary N) is 1. The van der Waals surface area contributed by atoms with E-state index in [1.165, 1.54) is 5.56 Å². The summed E-state index contributed by atoms with van der Waals surface area (Å²) in [7, 11) is 0. The zero-order chi connectivity index (χ0) is 19.6. The minimum absolute atomic E-state index is 0.00545. The number of ether oxygens (including phenoxy) is 2. The van der Waals surface area contributed by atoms with Gasteiger partial charge in [0, 0.05) is 5.02 Å². The summed E-state index contributed by atoms with van der Waals surface area (Å²) < 4.78 is 10.5. The molecule has 0 aliphatic rings. The number of benzene rings is 2. The summed E-state index contributed by atoms with van der Waals surface area (Å²) >= 11 is 6.23. The van der Waals surface area contributed by atoms with E-state index in [1.807, 2.05) is 24.3 Å². The maximum Gasteiger partial charge on any atom is 0.308 e. The molecule has 0 saturated heterocycles. The van der Waals surface area contributed by atoms with Gasteiger partial charge >= 0.3 is 5.97 Å². The molecule has 2 aromatic rings. The SMILES string of the molecule is CCOC(=O)C[C@@H](NC(=O)COc1ccc(CC)cc1)c1ccccc1Cl. The average Bonchev–Trinajstić information content (AvgIpc) is 2.67. The van der Waals surface area contributed by atoms with Crippen LogP contribution in [0.1, 0.15) is 37.4 Å². The second-order valence-electron chi connectivity index (χ2n) is 5.94. The quantitative estimate of drug-likeness (QED) is 0.656. The first-order chi connectivity index (χ1) is 13.0. The van der Waals surface area contributed by atoms with Crippen LogP contribution in [-0.2, 0) is 20.7 Å². The Morgan fingerprint density at radius 1 is 1.07 bits per heavy atom. The highest BCUT2D eigenvalue weighted by atomic mass is 35.5. The van der Waals surface area contributed by atoms with E-state index in [9.17, 15) is 9.59 Å². The number of amides is 1. The van der Waals surface area contributed by atoms with Gasteiger partial charge in [0.2, 0.25) is 0 Å². The molecule has 27 heavy (non-hydrogen) atoms. The van der Waals surface area contributed by atoms with Crippen molar-refractivity contribution < 1.29 is 19.1 Å². The Morgan fingerprint density at radius 3 is 2.41 bits per heavy atom. The number of carbonyl (C=O) groups is 2. The lowest BCUT2D eigenvalue weighted by Gasteiger charge is -2.20. The molecule has 1 amide bonds. The van der Waals surface area contributed by atoms with Gasteiger partial charge in [0.25, 0.3) is 5.91 Å². The van der Waals surface area contributed by atoms with Gasteiger partial charge in [0.05, 0.1) is 19.1 Å². The van der Waals surface area contributed by atoms with Gasteiger partial charge in [0.1, 0.15) is 5.75 Å². The van der Waals surface area contributed by atoms with Crippen molar-refractivity contribution in [1.82, 2.24) is 5.32 Å². The summed E-state index contributed by atoms with van der Waals surface area (Å²) in [6.45, 7) is 3.93. The molecular weight excluding hydrogens is 366 g/mol. The molecule has 0 spiro atoms. The second kappa shape index (κ2) is 10.6. The van der Waals surface area contributed by atoms with Gasteiger partial charge in [-0.25, -0.2) is 0 Å². The van der Waals surface area contributed by atoms with Crippen molar-refractivity contribution in [1.29, 1.82) is 0 Å². The van der Waals surface area contributed by atoms with Gasteiger partial charge in [-0.05, 0) is 42.7 Å². The van der Waals surface area contributed by atoms with Crippen LogP contribution in [0.3, 0.4) is 0 Å². The molecule has 0 saturated carbocycles. The standard InChI is InChI=1S/C21H24ClNO4/c1-3-15-9-11-16(12-10-15)27-14-20(24)23-19(13-21(25)26-4-2)17-7-5-6-8-18(17)22/h5-12,19H,3-4,13-14H2,1-2H3,(H,23,24)/t19-/m1/s1. The first kappa shape index (κ1) is 20.8. The number of hydrogen-bond donors (Lipinski definition) is 1. The average molecular weight is 390 g/mol. The summed E-state index contributed by atoms with van der Waals surface area (Å²) in [5.74, 6) is -0.135. The van der Waals surface area contributed by atoms with E-state index in [4.69, 9.17) is 21.1 Å². The highest BCUT2D eigenvalue weighted by Crippen LogP contribution is 2.25. The van der Waals surface area contributed by atoms with Gasteiger partial charge in [-0.2, -0.15) is 0 Å². The molecule has 1 N–H and O–H groups in total. The smallest absolute Gasteiger partial charge is 0.308 e. The van der Waals surface area contributed by atoms with Crippen LogP contribution in [0, 0.1) is 0 Å². The first-order valence-corrected chi connectivity index (χ1v) is 9.32. The van der Waals surface area contributed by atoms with E-state index in [0.717, 1.165) is 6.42 Å². The van der Waals surface area contributed by atoms with E-state index in [1.54, 1.807) is 31.2 Å². The molecule has 0 bridgehead atoms. The van der Waals surface area contributed by atoms with Crippen LogP contribution >= 0.6 is 11.6 Å². The fraction of sp³-hybridized carbons (Fsp3) is 0.333. The van der Waals surface area contributed by atoms with Crippen LogP contribution in [0.25, 0.3) is 0 Å².